The Balaban J connectivity index is 1.74. The highest BCUT2D eigenvalue weighted by Crippen LogP contribution is 2.40. The van der Waals surface area contributed by atoms with Crippen molar-refractivity contribution in [2.45, 2.75) is 37.8 Å². The average Bonchev–Trinajstić information content (AvgIpc) is 2.98. The highest BCUT2D eigenvalue weighted by Gasteiger charge is 2.43. The minimum absolute atomic E-state index is 0.0337. The Morgan fingerprint density at radius 3 is 3.06 bits per heavy atom. The van der Waals surface area contributed by atoms with Crippen LogP contribution in [0.5, 0.6) is 0 Å². The molecule has 3 rings (SSSR count). The molecule has 2 N–H and O–H groups in total. The number of nitrogens with two attached hydrogens (primary N) is 1. The monoisotopic (exact) mass is 269 g/mol. The number of ether oxygens (including phenoxy) is 2. The average molecular weight is 269 g/mol. The van der Waals surface area contributed by atoms with E-state index in [0.29, 0.717) is 5.92 Å². The maximum absolute atomic E-state index is 6.40. The van der Waals surface area contributed by atoms with Gasteiger partial charge in [0, 0.05) is 25.7 Å². The van der Waals surface area contributed by atoms with Gasteiger partial charge in [-0.1, -0.05) is 4.49 Å². The molecule has 2 aliphatic heterocycles. The van der Waals surface area contributed by atoms with E-state index in [2.05, 4.69) is 9.59 Å². The van der Waals surface area contributed by atoms with Gasteiger partial charge in [-0.15, -0.1) is 5.10 Å². The number of aromatic nitrogens is 2. The summed E-state index contributed by atoms with van der Waals surface area (Å²) in [5.41, 5.74) is 7.29. The van der Waals surface area contributed by atoms with Gasteiger partial charge in [0.15, 0.2) is 0 Å². The van der Waals surface area contributed by atoms with E-state index in [0.717, 1.165) is 49.7 Å². The number of hydrogen-bond donors (Lipinski definition) is 1. The highest BCUT2D eigenvalue weighted by molar-refractivity contribution is 7.05. The zero-order chi connectivity index (χ0) is 12.6. The van der Waals surface area contributed by atoms with Crippen LogP contribution < -0.4 is 5.73 Å². The molecule has 1 aromatic rings. The lowest BCUT2D eigenvalue weighted by Gasteiger charge is -2.39. The Labute approximate surface area is 111 Å². The molecule has 0 bridgehead atoms. The molecule has 3 heterocycles. The van der Waals surface area contributed by atoms with Crippen LogP contribution in [0.3, 0.4) is 0 Å². The first-order chi connectivity index (χ1) is 8.70. The van der Waals surface area contributed by atoms with Crippen molar-refractivity contribution in [3.05, 3.63) is 10.6 Å². The molecule has 1 spiro atoms. The molecular weight excluding hydrogens is 250 g/mol. The summed E-state index contributed by atoms with van der Waals surface area (Å²) in [7, 11) is 0. The van der Waals surface area contributed by atoms with Crippen molar-refractivity contribution in [3.63, 3.8) is 0 Å². The van der Waals surface area contributed by atoms with Crippen molar-refractivity contribution in [2.75, 3.05) is 19.8 Å². The van der Waals surface area contributed by atoms with Gasteiger partial charge in [0.05, 0.1) is 22.8 Å². The van der Waals surface area contributed by atoms with E-state index in [1.165, 1.54) is 11.5 Å². The molecule has 0 radical (unpaired) electrons. The normalized spacial score (nSPS) is 34.0. The molecule has 18 heavy (non-hydrogen) atoms. The number of nitrogens with zero attached hydrogens (tertiary/aromatic N) is 2. The summed E-state index contributed by atoms with van der Waals surface area (Å²) in [4.78, 5) is 1.12. The summed E-state index contributed by atoms with van der Waals surface area (Å²) in [6.07, 6.45) is 3.00. The summed E-state index contributed by atoms with van der Waals surface area (Å²) in [6, 6.07) is 0.0337. The van der Waals surface area contributed by atoms with Crippen LogP contribution in [0.25, 0.3) is 0 Å². The van der Waals surface area contributed by atoms with Crippen LogP contribution in [0, 0.1) is 12.8 Å². The predicted molar refractivity (Wildman–Crippen MR) is 68.4 cm³/mol. The van der Waals surface area contributed by atoms with Gasteiger partial charge in [0.2, 0.25) is 0 Å². The van der Waals surface area contributed by atoms with Gasteiger partial charge in [0.25, 0.3) is 0 Å². The molecule has 100 valence electrons. The van der Waals surface area contributed by atoms with Crippen molar-refractivity contribution in [1.82, 2.24) is 9.59 Å². The quantitative estimate of drug-likeness (QED) is 0.879. The van der Waals surface area contributed by atoms with Crippen molar-refractivity contribution < 1.29 is 9.47 Å². The van der Waals surface area contributed by atoms with E-state index in [9.17, 15) is 0 Å². The molecule has 0 saturated carbocycles. The van der Waals surface area contributed by atoms with Gasteiger partial charge in [0.1, 0.15) is 0 Å². The lowest BCUT2D eigenvalue weighted by molar-refractivity contribution is -0.101. The summed E-state index contributed by atoms with van der Waals surface area (Å²) >= 11 is 1.42. The third-order valence-corrected chi connectivity index (χ3v) is 5.02. The van der Waals surface area contributed by atoms with Gasteiger partial charge in [-0.05, 0) is 37.2 Å². The standard InChI is InChI=1S/C12H19N3O2S/c1-8-11(18-15-14-8)10(13)9-2-4-17-12(6-9)3-5-16-7-12/h9-10H,2-7,13H2,1H3. The summed E-state index contributed by atoms with van der Waals surface area (Å²) in [5, 5.41) is 4.05. The largest absolute Gasteiger partial charge is 0.378 e. The lowest BCUT2D eigenvalue weighted by Crippen LogP contribution is -2.43. The molecule has 3 atom stereocenters. The first kappa shape index (κ1) is 12.5. The number of aryl methyl sites for hydroxylation is 1. The first-order valence-corrected chi connectivity index (χ1v) is 7.24. The Hall–Kier alpha value is -0.560. The second kappa shape index (κ2) is 4.85. The Bertz CT molecular complexity index is 417. The number of rotatable bonds is 2. The molecule has 2 fully saturated rings. The van der Waals surface area contributed by atoms with E-state index in [-0.39, 0.29) is 11.6 Å². The smallest absolute Gasteiger partial charge is 0.0940 e. The van der Waals surface area contributed by atoms with E-state index < -0.39 is 0 Å². The van der Waals surface area contributed by atoms with Crippen molar-refractivity contribution in [3.8, 4) is 0 Å². The topological polar surface area (TPSA) is 70.3 Å². The van der Waals surface area contributed by atoms with E-state index in [4.69, 9.17) is 15.2 Å². The fourth-order valence-electron chi connectivity index (χ4n) is 2.99. The van der Waals surface area contributed by atoms with Crippen LogP contribution in [0.4, 0.5) is 0 Å². The molecule has 6 heteroatoms. The minimum Gasteiger partial charge on any atom is -0.378 e. The lowest BCUT2D eigenvalue weighted by atomic mass is 9.81. The van der Waals surface area contributed by atoms with Gasteiger partial charge in [-0.3, -0.25) is 0 Å². The van der Waals surface area contributed by atoms with Crippen LogP contribution in [-0.2, 0) is 9.47 Å². The van der Waals surface area contributed by atoms with Gasteiger partial charge in [-0.25, -0.2) is 0 Å². The highest BCUT2D eigenvalue weighted by atomic mass is 32.1. The second-order valence-electron chi connectivity index (χ2n) is 5.34. The minimum atomic E-state index is -0.0768. The molecule has 0 aliphatic carbocycles. The van der Waals surface area contributed by atoms with Gasteiger partial charge < -0.3 is 15.2 Å². The SMILES string of the molecule is Cc1nnsc1C(N)C1CCOC2(CCOC2)C1. The fraction of sp³-hybridized carbons (Fsp3) is 0.833. The molecular formula is C12H19N3O2S. The van der Waals surface area contributed by atoms with Crippen LogP contribution >= 0.6 is 11.5 Å². The summed E-state index contributed by atoms with van der Waals surface area (Å²) in [5.74, 6) is 0.446. The summed E-state index contributed by atoms with van der Waals surface area (Å²) < 4.78 is 15.4. The maximum atomic E-state index is 6.40. The molecule has 5 nitrogen and oxygen atoms in total. The van der Waals surface area contributed by atoms with Crippen LogP contribution in [0.2, 0.25) is 0 Å². The first-order valence-electron chi connectivity index (χ1n) is 6.46. The van der Waals surface area contributed by atoms with Crippen LogP contribution in [-0.4, -0.2) is 35.0 Å². The van der Waals surface area contributed by atoms with Crippen molar-refractivity contribution in [1.29, 1.82) is 0 Å². The molecule has 3 unspecified atom stereocenters. The van der Waals surface area contributed by atoms with Crippen molar-refractivity contribution in [2.24, 2.45) is 11.7 Å². The Kier molecular flexibility index (Phi) is 3.36. The second-order valence-corrected chi connectivity index (χ2v) is 6.12. The Morgan fingerprint density at radius 1 is 1.50 bits per heavy atom. The molecule has 0 aromatic carbocycles. The van der Waals surface area contributed by atoms with E-state index in [1.807, 2.05) is 6.92 Å². The molecule has 2 saturated heterocycles. The molecule has 1 aromatic heterocycles. The van der Waals surface area contributed by atoms with Crippen LogP contribution in [0.1, 0.15) is 35.9 Å². The number of hydrogen-bond acceptors (Lipinski definition) is 6. The molecule has 0 amide bonds. The fourth-order valence-corrected chi connectivity index (χ4v) is 3.73. The Morgan fingerprint density at radius 2 is 2.39 bits per heavy atom. The van der Waals surface area contributed by atoms with Gasteiger partial charge in [-0.2, -0.15) is 0 Å². The third kappa shape index (κ3) is 2.18. The van der Waals surface area contributed by atoms with Crippen LogP contribution in [0.15, 0.2) is 0 Å². The van der Waals surface area contributed by atoms with E-state index >= 15 is 0 Å². The predicted octanol–water partition coefficient (Wildman–Crippen LogP) is 1.43. The summed E-state index contributed by atoms with van der Waals surface area (Å²) in [6.45, 7) is 4.29. The van der Waals surface area contributed by atoms with Crippen molar-refractivity contribution >= 4 is 11.5 Å². The zero-order valence-electron chi connectivity index (χ0n) is 10.6. The molecule has 2 aliphatic rings. The van der Waals surface area contributed by atoms with E-state index in [1.54, 1.807) is 0 Å². The third-order valence-electron chi connectivity index (χ3n) is 4.10. The zero-order valence-corrected chi connectivity index (χ0v) is 11.4. The van der Waals surface area contributed by atoms with Gasteiger partial charge >= 0.3 is 0 Å². The maximum Gasteiger partial charge on any atom is 0.0940 e.